The molecule has 0 atom stereocenters. The van der Waals surface area contributed by atoms with Crippen LogP contribution >= 0.6 is 0 Å². The third-order valence-electron chi connectivity index (χ3n) is 3.96. The van der Waals surface area contributed by atoms with E-state index in [9.17, 15) is 0 Å². The Kier molecular flexibility index (Phi) is 5.83. The van der Waals surface area contributed by atoms with E-state index in [1.165, 1.54) is 43.6 Å². The molecule has 1 aromatic carbocycles. The predicted octanol–water partition coefficient (Wildman–Crippen LogP) is 2.41. The zero-order chi connectivity index (χ0) is 13.5. The van der Waals surface area contributed by atoms with Crippen LogP contribution in [0, 0.1) is 0 Å². The van der Waals surface area contributed by atoms with Crippen LogP contribution in [0.15, 0.2) is 24.3 Å². The molecule has 1 aromatic rings. The van der Waals surface area contributed by atoms with Gasteiger partial charge in [-0.05, 0) is 43.6 Å². The highest BCUT2D eigenvalue weighted by Gasteiger charge is 2.16. The summed E-state index contributed by atoms with van der Waals surface area (Å²) >= 11 is 0. The lowest BCUT2D eigenvalue weighted by Crippen LogP contribution is -2.42. The first-order valence-electron chi connectivity index (χ1n) is 7.34. The molecule has 2 rings (SSSR count). The normalized spacial score (nSPS) is 17.8. The zero-order valence-electron chi connectivity index (χ0n) is 12.2. The van der Waals surface area contributed by atoms with Crippen molar-refractivity contribution in [3.05, 3.63) is 35.4 Å². The quantitative estimate of drug-likeness (QED) is 0.852. The summed E-state index contributed by atoms with van der Waals surface area (Å²) in [4.78, 5) is 2.53. The van der Waals surface area contributed by atoms with E-state index in [1.54, 1.807) is 7.11 Å². The molecule has 1 aliphatic rings. The molecule has 0 amide bonds. The summed E-state index contributed by atoms with van der Waals surface area (Å²) in [5, 5.41) is 3.68. The number of ether oxygens (including phenoxy) is 1. The number of benzene rings is 1. The van der Waals surface area contributed by atoms with Crippen molar-refractivity contribution in [1.29, 1.82) is 0 Å². The second kappa shape index (κ2) is 7.63. The van der Waals surface area contributed by atoms with E-state index in [0.717, 1.165) is 6.54 Å². The van der Waals surface area contributed by atoms with Gasteiger partial charge in [0.1, 0.15) is 0 Å². The molecule has 0 bridgehead atoms. The molecule has 0 saturated carbocycles. The summed E-state index contributed by atoms with van der Waals surface area (Å²) in [6, 6.07) is 9.38. The highest BCUT2D eigenvalue weighted by atomic mass is 16.5. The van der Waals surface area contributed by atoms with Crippen LogP contribution in [0.5, 0.6) is 0 Å². The van der Waals surface area contributed by atoms with Crippen LogP contribution in [0.3, 0.4) is 0 Å². The summed E-state index contributed by atoms with van der Waals surface area (Å²) < 4.78 is 5.12. The summed E-state index contributed by atoms with van der Waals surface area (Å²) in [7, 11) is 1.73. The van der Waals surface area contributed by atoms with Gasteiger partial charge in [0.05, 0.1) is 6.61 Å². The highest BCUT2D eigenvalue weighted by molar-refractivity contribution is 5.22. The van der Waals surface area contributed by atoms with Gasteiger partial charge in [-0.3, -0.25) is 0 Å². The fourth-order valence-corrected chi connectivity index (χ4v) is 2.64. The van der Waals surface area contributed by atoms with Crippen molar-refractivity contribution in [2.45, 2.75) is 39.0 Å². The summed E-state index contributed by atoms with van der Waals surface area (Å²) in [5.41, 5.74) is 2.60. The summed E-state index contributed by atoms with van der Waals surface area (Å²) in [6.07, 6.45) is 2.55. The predicted molar refractivity (Wildman–Crippen MR) is 79.1 cm³/mol. The van der Waals surface area contributed by atoms with Gasteiger partial charge in [0.2, 0.25) is 0 Å². The maximum Gasteiger partial charge on any atom is 0.0713 e. The number of piperidine rings is 1. The minimum absolute atomic E-state index is 0.682. The lowest BCUT2D eigenvalue weighted by molar-refractivity contribution is 0.185. The lowest BCUT2D eigenvalue weighted by atomic mass is 10.0. The Morgan fingerprint density at radius 3 is 2.37 bits per heavy atom. The Balaban J connectivity index is 1.73. The van der Waals surface area contributed by atoms with Crippen LogP contribution in [-0.2, 0) is 17.9 Å². The smallest absolute Gasteiger partial charge is 0.0713 e. The van der Waals surface area contributed by atoms with Crippen molar-refractivity contribution in [2.24, 2.45) is 0 Å². The Bertz CT molecular complexity index is 356. The molecule has 0 radical (unpaired) electrons. The molecule has 1 fully saturated rings. The van der Waals surface area contributed by atoms with Crippen LogP contribution in [0.4, 0.5) is 0 Å². The van der Waals surface area contributed by atoms with Crippen molar-refractivity contribution >= 4 is 0 Å². The monoisotopic (exact) mass is 262 g/mol. The first-order valence-corrected chi connectivity index (χ1v) is 7.34. The van der Waals surface area contributed by atoms with Crippen LogP contribution in [0.25, 0.3) is 0 Å². The minimum atomic E-state index is 0.682. The molecule has 0 spiro atoms. The van der Waals surface area contributed by atoms with E-state index in [0.29, 0.717) is 12.6 Å². The van der Waals surface area contributed by atoms with E-state index in [2.05, 4.69) is 41.4 Å². The van der Waals surface area contributed by atoms with Crippen molar-refractivity contribution in [2.75, 3.05) is 26.7 Å². The van der Waals surface area contributed by atoms with E-state index in [4.69, 9.17) is 4.74 Å². The molecule has 0 aliphatic carbocycles. The average molecular weight is 262 g/mol. The molecule has 1 N–H and O–H groups in total. The molecule has 0 unspecified atom stereocenters. The van der Waals surface area contributed by atoms with Crippen molar-refractivity contribution in [3.8, 4) is 0 Å². The Morgan fingerprint density at radius 1 is 1.16 bits per heavy atom. The molecule has 3 heteroatoms. The molecular weight excluding hydrogens is 236 g/mol. The average Bonchev–Trinajstić information content (AvgIpc) is 2.47. The number of hydrogen-bond donors (Lipinski definition) is 1. The molecule has 0 aromatic heterocycles. The summed E-state index contributed by atoms with van der Waals surface area (Å²) in [6.45, 7) is 7.58. The van der Waals surface area contributed by atoms with Crippen molar-refractivity contribution in [3.63, 3.8) is 0 Å². The van der Waals surface area contributed by atoms with E-state index in [1.807, 2.05) is 0 Å². The molecule has 19 heavy (non-hydrogen) atoms. The topological polar surface area (TPSA) is 24.5 Å². The Labute approximate surface area is 116 Å². The fourth-order valence-electron chi connectivity index (χ4n) is 2.64. The highest BCUT2D eigenvalue weighted by Crippen LogP contribution is 2.11. The van der Waals surface area contributed by atoms with Crippen molar-refractivity contribution < 1.29 is 4.74 Å². The third-order valence-corrected chi connectivity index (χ3v) is 3.96. The van der Waals surface area contributed by atoms with Gasteiger partial charge in [-0.2, -0.15) is 0 Å². The van der Waals surface area contributed by atoms with Gasteiger partial charge in [0.15, 0.2) is 0 Å². The number of likely N-dealkylation sites (tertiary alicyclic amines) is 1. The number of nitrogens with one attached hydrogen (secondary N) is 1. The number of nitrogens with zero attached hydrogens (tertiary/aromatic N) is 1. The van der Waals surface area contributed by atoms with Crippen molar-refractivity contribution in [1.82, 2.24) is 10.2 Å². The molecule has 1 heterocycles. The van der Waals surface area contributed by atoms with Crippen LogP contribution < -0.4 is 5.32 Å². The minimum Gasteiger partial charge on any atom is -0.380 e. The van der Waals surface area contributed by atoms with Gasteiger partial charge < -0.3 is 15.0 Å². The van der Waals surface area contributed by atoms with Crippen LogP contribution in [0.1, 0.15) is 30.9 Å². The lowest BCUT2D eigenvalue weighted by Gasteiger charge is -2.31. The number of hydrogen-bond acceptors (Lipinski definition) is 3. The van der Waals surface area contributed by atoms with Gasteiger partial charge in [0.25, 0.3) is 0 Å². The molecule has 1 saturated heterocycles. The van der Waals surface area contributed by atoms with E-state index >= 15 is 0 Å². The molecule has 106 valence electrons. The Hall–Kier alpha value is -0.900. The van der Waals surface area contributed by atoms with E-state index < -0.39 is 0 Å². The van der Waals surface area contributed by atoms with Gasteiger partial charge in [-0.25, -0.2) is 0 Å². The first kappa shape index (κ1) is 14.5. The first-order chi connectivity index (χ1) is 9.31. The third kappa shape index (κ3) is 4.60. The zero-order valence-corrected chi connectivity index (χ0v) is 12.2. The van der Waals surface area contributed by atoms with Gasteiger partial charge >= 0.3 is 0 Å². The van der Waals surface area contributed by atoms with Gasteiger partial charge in [0, 0.05) is 19.7 Å². The van der Waals surface area contributed by atoms with E-state index in [-0.39, 0.29) is 0 Å². The number of methoxy groups -OCH3 is 1. The largest absolute Gasteiger partial charge is 0.380 e. The molecule has 3 nitrogen and oxygen atoms in total. The molecular formula is C16H26N2O. The number of rotatable bonds is 6. The van der Waals surface area contributed by atoms with Gasteiger partial charge in [-0.15, -0.1) is 0 Å². The standard InChI is InChI=1S/C16H26N2O/c1-3-18-10-8-16(9-11-18)17-12-14-4-6-15(7-5-14)13-19-2/h4-7,16-17H,3,8-13H2,1-2H3. The second-order valence-electron chi connectivity index (χ2n) is 5.34. The SMILES string of the molecule is CCN1CCC(NCc2ccc(COC)cc2)CC1. The van der Waals surface area contributed by atoms with Crippen LogP contribution in [-0.4, -0.2) is 37.7 Å². The maximum atomic E-state index is 5.12. The second-order valence-corrected chi connectivity index (χ2v) is 5.34. The summed E-state index contributed by atoms with van der Waals surface area (Å²) in [5.74, 6) is 0. The fraction of sp³-hybridized carbons (Fsp3) is 0.625. The van der Waals surface area contributed by atoms with Crippen LogP contribution in [0.2, 0.25) is 0 Å². The maximum absolute atomic E-state index is 5.12. The Morgan fingerprint density at radius 2 is 1.79 bits per heavy atom. The van der Waals surface area contributed by atoms with Gasteiger partial charge in [-0.1, -0.05) is 31.2 Å². The molecule has 1 aliphatic heterocycles.